The molecule has 0 bridgehead atoms. The monoisotopic (exact) mass is 386 g/mol. The summed E-state index contributed by atoms with van der Waals surface area (Å²) < 4.78 is 39.7. The molecule has 1 aliphatic rings. The van der Waals surface area contributed by atoms with Crippen molar-refractivity contribution in [1.82, 2.24) is 0 Å². The molecule has 26 heavy (non-hydrogen) atoms. The minimum absolute atomic E-state index is 0.00539. The SMILES string of the molecule is Cc1c(O)cc(O)c(C(=O)C2CC2c2ccc(Cl)cc2C(F)(F)F)c1O. The molecule has 0 saturated heterocycles. The van der Waals surface area contributed by atoms with Gasteiger partial charge in [0.15, 0.2) is 5.78 Å². The first kappa shape index (κ1) is 18.4. The maximum atomic E-state index is 13.2. The fourth-order valence-corrected chi connectivity index (χ4v) is 3.27. The van der Waals surface area contributed by atoms with Crippen LogP contribution in [0.1, 0.15) is 39.4 Å². The molecular formula is C18H14ClF3O4. The molecule has 2 unspecified atom stereocenters. The first-order chi connectivity index (χ1) is 12.0. The van der Waals surface area contributed by atoms with E-state index in [0.29, 0.717) is 0 Å². The van der Waals surface area contributed by atoms with E-state index in [9.17, 15) is 33.3 Å². The number of Topliss-reactive ketones (excluding diaryl/α,β-unsaturated/α-hetero) is 1. The normalized spacial score (nSPS) is 19.4. The van der Waals surface area contributed by atoms with Gasteiger partial charge in [0.2, 0.25) is 0 Å². The van der Waals surface area contributed by atoms with Gasteiger partial charge < -0.3 is 15.3 Å². The van der Waals surface area contributed by atoms with Gasteiger partial charge in [-0.05, 0) is 37.0 Å². The second-order valence-electron chi connectivity index (χ2n) is 6.31. The lowest BCUT2D eigenvalue weighted by molar-refractivity contribution is -0.138. The van der Waals surface area contributed by atoms with E-state index in [1.54, 1.807) is 0 Å². The van der Waals surface area contributed by atoms with Crippen molar-refractivity contribution in [1.29, 1.82) is 0 Å². The fourth-order valence-electron chi connectivity index (χ4n) is 3.09. The summed E-state index contributed by atoms with van der Waals surface area (Å²) >= 11 is 5.66. The summed E-state index contributed by atoms with van der Waals surface area (Å²) in [5.74, 6) is -3.75. The predicted molar refractivity (Wildman–Crippen MR) is 87.8 cm³/mol. The number of benzene rings is 2. The minimum atomic E-state index is -4.62. The Balaban J connectivity index is 1.96. The van der Waals surface area contributed by atoms with Gasteiger partial charge in [0, 0.05) is 22.6 Å². The quantitative estimate of drug-likeness (QED) is 0.664. The average Bonchev–Trinajstić information content (AvgIpc) is 3.32. The number of hydrogen-bond donors (Lipinski definition) is 3. The van der Waals surface area contributed by atoms with Crippen molar-refractivity contribution < 1.29 is 33.3 Å². The lowest BCUT2D eigenvalue weighted by Crippen LogP contribution is -2.10. The molecule has 1 aliphatic carbocycles. The van der Waals surface area contributed by atoms with Gasteiger partial charge in [0.25, 0.3) is 0 Å². The molecule has 1 fully saturated rings. The molecule has 4 nitrogen and oxygen atoms in total. The zero-order valence-electron chi connectivity index (χ0n) is 13.4. The van der Waals surface area contributed by atoms with Crippen LogP contribution in [0.25, 0.3) is 0 Å². The Labute approximate surface area is 151 Å². The van der Waals surface area contributed by atoms with Crippen LogP contribution in [0.3, 0.4) is 0 Å². The smallest absolute Gasteiger partial charge is 0.416 e. The lowest BCUT2D eigenvalue weighted by Gasteiger charge is -2.14. The number of phenols is 3. The second kappa shape index (κ2) is 6.09. The van der Waals surface area contributed by atoms with Crippen LogP contribution in [0.15, 0.2) is 24.3 Å². The number of phenolic OH excluding ortho intramolecular Hbond substituents is 3. The third kappa shape index (κ3) is 3.07. The van der Waals surface area contributed by atoms with Crippen molar-refractivity contribution in [2.45, 2.75) is 25.4 Å². The van der Waals surface area contributed by atoms with E-state index < -0.39 is 46.4 Å². The third-order valence-corrected chi connectivity index (χ3v) is 4.83. The summed E-state index contributed by atoms with van der Waals surface area (Å²) in [6.07, 6.45) is -4.46. The van der Waals surface area contributed by atoms with Gasteiger partial charge >= 0.3 is 6.18 Å². The van der Waals surface area contributed by atoms with Gasteiger partial charge in [-0.15, -0.1) is 0 Å². The number of alkyl halides is 3. The van der Waals surface area contributed by atoms with E-state index in [4.69, 9.17) is 11.6 Å². The zero-order valence-corrected chi connectivity index (χ0v) is 14.2. The Bertz CT molecular complexity index is 908. The molecule has 0 amide bonds. The maximum Gasteiger partial charge on any atom is 0.416 e. The number of aromatic hydroxyl groups is 3. The summed E-state index contributed by atoms with van der Waals surface area (Å²) in [6.45, 7) is 1.35. The molecule has 8 heteroatoms. The molecular weight excluding hydrogens is 373 g/mol. The van der Waals surface area contributed by atoms with Crippen LogP contribution in [0.4, 0.5) is 13.2 Å². The van der Waals surface area contributed by atoms with E-state index in [1.165, 1.54) is 19.1 Å². The number of hydrogen-bond acceptors (Lipinski definition) is 4. The van der Waals surface area contributed by atoms with Crippen molar-refractivity contribution in [3.8, 4) is 17.2 Å². The molecule has 0 aliphatic heterocycles. The average molecular weight is 387 g/mol. The predicted octanol–water partition coefficient (Wildman–Crippen LogP) is 4.77. The summed E-state index contributed by atoms with van der Waals surface area (Å²) in [5, 5.41) is 29.4. The summed E-state index contributed by atoms with van der Waals surface area (Å²) in [7, 11) is 0. The van der Waals surface area contributed by atoms with Crippen molar-refractivity contribution in [2.75, 3.05) is 0 Å². The van der Waals surface area contributed by atoms with E-state index in [1.807, 2.05) is 0 Å². The minimum Gasteiger partial charge on any atom is -0.507 e. The maximum absolute atomic E-state index is 13.2. The highest BCUT2D eigenvalue weighted by molar-refractivity contribution is 6.30. The largest absolute Gasteiger partial charge is 0.507 e. The Morgan fingerprint density at radius 2 is 1.81 bits per heavy atom. The first-order valence-corrected chi connectivity index (χ1v) is 8.05. The molecule has 0 heterocycles. The molecule has 138 valence electrons. The molecule has 2 aromatic carbocycles. The summed E-state index contributed by atoms with van der Waals surface area (Å²) in [6, 6.07) is 4.30. The summed E-state index contributed by atoms with van der Waals surface area (Å²) in [4.78, 5) is 12.6. The molecule has 2 atom stereocenters. The van der Waals surface area contributed by atoms with Crippen LogP contribution in [-0.4, -0.2) is 21.1 Å². The van der Waals surface area contributed by atoms with Crippen LogP contribution in [0, 0.1) is 12.8 Å². The van der Waals surface area contributed by atoms with Gasteiger partial charge in [-0.2, -0.15) is 13.2 Å². The Kier molecular flexibility index (Phi) is 4.30. The number of carbonyl (C=O) groups is 1. The highest BCUT2D eigenvalue weighted by Crippen LogP contribution is 2.54. The Morgan fingerprint density at radius 3 is 2.42 bits per heavy atom. The second-order valence-corrected chi connectivity index (χ2v) is 6.74. The first-order valence-electron chi connectivity index (χ1n) is 7.67. The standard InChI is InChI=1S/C18H14ClF3O4/c1-7-13(23)6-14(24)15(16(7)25)17(26)11-5-10(11)9-3-2-8(19)4-12(9)18(20,21)22/h2-4,6,10-11,23-25H,5H2,1H3. The van der Waals surface area contributed by atoms with Crippen LogP contribution < -0.4 is 0 Å². The van der Waals surface area contributed by atoms with Gasteiger partial charge in [0.05, 0.1) is 5.56 Å². The van der Waals surface area contributed by atoms with E-state index in [2.05, 4.69) is 0 Å². The topological polar surface area (TPSA) is 77.8 Å². The van der Waals surface area contributed by atoms with E-state index in [-0.39, 0.29) is 28.3 Å². The Morgan fingerprint density at radius 1 is 1.15 bits per heavy atom. The number of carbonyl (C=O) groups excluding carboxylic acids is 1. The van der Waals surface area contributed by atoms with Crippen LogP contribution in [0.5, 0.6) is 17.2 Å². The molecule has 2 aromatic rings. The van der Waals surface area contributed by atoms with Gasteiger partial charge in [-0.3, -0.25) is 4.79 Å². The molecule has 0 radical (unpaired) electrons. The van der Waals surface area contributed by atoms with Crippen molar-refractivity contribution in [3.05, 3.63) is 51.5 Å². The molecule has 1 saturated carbocycles. The number of rotatable bonds is 3. The van der Waals surface area contributed by atoms with Crippen molar-refractivity contribution in [3.63, 3.8) is 0 Å². The van der Waals surface area contributed by atoms with Gasteiger partial charge in [-0.25, -0.2) is 0 Å². The molecule has 0 aromatic heterocycles. The zero-order chi connectivity index (χ0) is 19.4. The number of halogens is 4. The summed E-state index contributed by atoms with van der Waals surface area (Å²) in [5.41, 5.74) is -1.34. The highest BCUT2D eigenvalue weighted by Gasteiger charge is 2.49. The van der Waals surface area contributed by atoms with Crippen LogP contribution >= 0.6 is 11.6 Å². The van der Waals surface area contributed by atoms with Crippen molar-refractivity contribution >= 4 is 17.4 Å². The molecule has 0 spiro atoms. The van der Waals surface area contributed by atoms with Gasteiger partial charge in [-0.1, -0.05) is 17.7 Å². The lowest BCUT2D eigenvalue weighted by atomic mass is 9.96. The molecule has 3 N–H and O–H groups in total. The van der Waals surface area contributed by atoms with E-state index in [0.717, 1.165) is 12.1 Å². The Hall–Kier alpha value is -2.41. The molecule has 3 rings (SSSR count). The van der Waals surface area contributed by atoms with Crippen LogP contribution in [-0.2, 0) is 6.18 Å². The highest BCUT2D eigenvalue weighted by atomic mass is 35.5. The van der Waals surface area contributed by atoms with E-state index >= 15 is 0 Å². The fraction of sp³-hybridized carbons (Fsp3) is 0.278. The van der Waals surface area contributed by atoms with Crippen LogP contribution in [0.2, 0.25) is 5.02 Å². The van der Waals surface area contributed by atoms with Gasteiger partial charge in [0.1, 0.15) is 22.8 Å². The number of ketones is 1. The third-order valence-electron chi connectivity index (χ3n) is 4.60. The van der Waals surface area contributed by atoms with Crippen molar-refractivity contribution in [2.24, 2.45) is 5.92 Å².